The van der Waals surface area contributed by atoms with Crippen molar-refractivity contribution >= 4 is 17.5 Å². The summed E-state index contributed by atoms with van der Waals surface area (Å²) in [6.45, 7) is 0.142. The van der Waals surface area contributed by atoms with Crippen LogP contribution in [0.15, 0.2) is 24.3 Å². The van der Waals surface area contributed by atoms with E-state index in [0.29, 0.717) is 11.3 Å². The summed E-state index contributed by atoms with van der Waals surface area (Å²) in [4.78, 5) is 11.2. The minimum absolute atomic E-state index is 0.135. The largest absolute Gasteiger partial charge is 0.491 e. The van der Waals surface area contributed by atoms with E-state index >= 15 is 0 Å². The molecule has 1 aromatic rings. The van der Waals surface area contributed by atoms with Gasteiger partial charge in [0.25, 0.3) is 5.91 Å². The molecule has 0 aliphatic heterocycles. The van der Waals surface area contributed by atoms with E-state index < -0.39 is 6.10 Å². The molecule has 0 saturated carbocycles. The van der Waals surface area contributed by atoms with E-state index in [2.05, 4.69) is 5.32 Å². The van der Waals surface area contributed by atoms with Gasteiger partial charge in [-0.2, -0.15) is 0 Å². The predicted octanol–water partition coefficient (Wildman–Crippen LogP) is 1.02. The van der Waals surface area contributed by atoms with Gasteiger partial charge in [0.15, 0.2) is 0 Å². The van der Waals surface area contributed by atoms with Gasteiger partial charge in [-0.15, -0.1) is 11.6 Å². The van der Waals surface area contributed by atoms with Crippen molar-refractivity contribution in [2.45, 2.75) is 6.10 Å². The average Bonchev–Trinajstić information content (AvgIpc) is 2.35. The molecule has 1 atom stereocenters. The Kier molecular flexibility index (Phi) is 5.08. The van der Waals surface area contributed by atoms with Crippen molar-refractivity contribution in [3.63, 3.8) is 0 Å². The monoisotopic (exact) mass is 243 g/mol. The number of rotatable bonds is 5. The van der Waals surface area contributed by atoms with Crippen LogP contribution in [0.25, 0.3) is 0 Å². The maximum atomic E-state index is 11.2. The second-order valence-corrected chi connectivity index (χ2v) is 3.53. The summed E-state index contributed by atoms with van der Waals surface area (Å²) in [5.74, 6) is 0.584. The van der Waals surface area contributed by atoms with Crippen molar-refractivity contribution in [1.29, 1.82) is 0 Å². The molecule has 0 saturated heterocycles. The van der Waals surface area contributed by atoms with E-state index in [-0.39, 0.29) is 18.4 Å². The van der Waals surface area contributed by atoms with Crippen LogP contribution in [0.1, 0.15) is 10.4 Å². The molecule has 88 valence electrons. The second-order valence-electron chi connectivity index (χ2n) is 3.22. The quantitative estimate of drug-likeness (QED) is 0.760. The number of carbonyl (C=O) groups excluding carboxylic acids is 1. The topological polar surface area (TPSA) is 58.6 Å². The number of carbonyl (C=O) groups is 1. The molecule has 0 heterocycles. The molecule has 1 unspecified atom stereocenters. The third-order valence-corrected chi connectivity index (χ3v) is 2.32. The van der Waals surface area contributed by atoms with Crippen LogP contribution in [0, 0.1) is 0 Å². The van der Waals surface area contributed by atoms with Crippen molar-refractivity contribution < 1.29 is 14.6 Å². The molecule has 1 aromatic carbocycles. The van der Waals surface area contributed by atoms with Crippen molar-refractivity contribution in [1.82, 2.24) is 5.32 Å². The van der Waals surface area contributed by atoms with Crippen LogP contribution in [0.3, 0.4) is 0 Å². The fourth-order valence-electron chi connectivity index (χ4n) is 1.08. The summed E-state index contributed by atoms with van der Waals surface area (Å²) in [5, 5.41) is 11.7. The fraction of sp³-hybridized carbons (Fsp3) is 0.364. The first-order valence-corrected chi connectivity index (χ1v) is 5.39. The standard InChI is InChI=1S/C11H14ClNO3/c1-13-11(15)8-2-4-10(5-3-8)16-7-9(14)6-12/h2-5,9,14H,6-7H2,1H3,(H,13,15). The van der Waals surface area contributed by atoms with Crippen LogP contribution in [0.5, 0.6) is 5.75 Å². The average molecular weight is 244 g/mol. The van der Waals surface area contributed by atoms with Gasteiger partial charge < -0.3 is 15.2 Å². The fourth-order valence-corrected chi connectivity index (χ4v) is 1.17. The number of hydrogen-bond donors (Lipinski definition) is 2. The van der Waals surface area contributed by atoms with Crippen LogP contribution in [-0.4, -0.2) is 36.7 Å². The first-order chi connectivity index (χ1) is 7.67. The molecule has 0 spiro atoms. The number of halogens is 1. The van der Waals surface area contributed by atoms with Crippen molar-refractivity contribution in [3.05, 3.63) is 29.8 Å². The predicted molar refractivity (Wildman–Crippen MR) is 62.1 cm³/mol. The van der Waals surface area contributed by atoms with Crippen molar-refractivity contribution in [3.8, 4) is 5.75 Å². The number of aliphatic hydroxyl groups is 1. The summed E-state index contributed by atoms with van der Waals surface area (Å²) in [5.41, 5.74) is 0.563. The lowest BCUT2D eigenvalue weighted by Crippen LogP contribution is -2.19. The zero-order chi connectivity index (χ0) is 12.0. The van der Waals surface area contributed by atoms with Gasteiger partial charge in [-0.1, -0.05) is 0 Å². The SMILES string of the molecule is CNC(=O)c1ccc(OCC(O)CCl)cc1. The maximum Gasteiger partial charge on any atom is 0.251 e. The highest BCUT2D eigenvalue weighted by molar-refractivity contribution is 6.18. The van der Waals surface area contributed by atoms with Gasteiger partial charge in [-0.25, -0.2) is 0 Å². The van der Waals surface area contributed by atoms with Gasteiger partial charge in [0.05, 0.1) is 5.88 Å². The number of nitrogens with one attached hydrogen (secondary N) is 1. The third kappa shape index (κ3) is 3.72. The molecular weight excluding hydrogens is 230 g/mol. The first kappa shape index (κ1) is 12.8. The van der Waals surface area contributed by atoms with Crippen molar-refractivity contribution in [2.75, 3.05) is 19.5 Å². The van der Waals surface area contributed by atoms with E-state index in [4.69, 9.17) is 16.3 Å². The van der Waals surface area contributed by atoms with E-state index in [9.17, 15) is 9.90 Å². The Balaban J connectivity index is 2.54. The summed E-state index contributed by atoms with van der Waals surface area (Å²) >= 11 is 5.42. The van der Waals surface area contributed by atoms with Crippen LogP contribution in [-0.2, 0) is 0 Å². The Morgan fingerprint density at radius 2 is 2.12 bits per heavy atom. The van der Waals surface area contributed by atoms with Gasteiger partial charge in [0, 0.05) is 12.6 Å². The molecule has 0 bridgehead atoms. The lowest BCUT2D eigenvalue weighted by Gasteiger charge is -2.09. The first-order valence-electron chi connectivity index (χ1n) is 4.86. The van der Waals surface area contributed by atoms with Gasteiger partial charge in [0.2, 0.25) is 0 Å². The lowest BCUT2D eigenvalue weighted by molar-refractivity contribution is 0.0962. The molecule has 1 amide bonds. The number of benzene rings is 1. The summed E-state index contributed by atoms with van der Waals surface area (Å²) in [6, 6.07) is 6.65. The van der Waals surface area contributed by atoms with E-state index in [1.807, 2.05) is 0 Å². The molecule has 4 nitrogen and oxygen atoms in total. The molecule has 2 N–H and O–H groups in total. The Morgan fingerprint density at radius 1 is 1.50 bits per heavy atom. The lowest BCUT2D eigenvalue weighted by atomic mass is 10.2. The maximum absolute atomic E-state index is 11.2. The summed E-state index contributed by atoms with van der Waals surface area (Å²) in [7, 11) is 1.57. The molecule has 0 aliphatic carbocycles. The number of hydrogen-bond acceptors (Lipinski definition) is 3. The normalized spacial score (nSPS) is 11.9. The van der Waals surface area contributed by atoms with Crippen molar-refractivity contribution in [2.24, 2.45) is 0 Å². The van der Waals surface area contributed by atoms with Gasteiger partial charge in [0.1, 0.15) is 18.5 Å². The molecule has 0 aromatic heterocycles. The third-order valence-electron chi connectivity index (χ3n) is 1.96. The van der Waals surface area contributed by atoms with Crippen LogP contribution >= 0.6 is 11.6 Å². The smallest absolute Gasteiger partial charge is 0.251 e. The van der Waals surface area contributed by atoms with Gasteiger partial charge in [-0.3, -0.25) is 4.79 Å². The molecule has 16 heavy (non-hydrogen) atoms. The summed E-state index contributed by atoms with van der Waals surface area (Å²) < 4.78 is 5.26. The molecule has 0 aliphatic rings. The second kappa shape index (κ2) is 6.35. The van der Waals surface area contributed by atoms with Gasteiger partial charge in [-0.05, 0) is 24.3 Å². The Hall–Kier alpha value is -1.26. The number of aliphatic hydroxyl groups excluding tert-OH is 1. The molecule has 5 heteroatoms. The minimum Gasteiger partial charge on any atom is -0.491 e. The van der Waals surface area contributed by atoms with Gasteiger partial charge >= 0.3 is 0 Å². The van der Waals surface area contributed by atoms with Crippen LogP contribution < -0.4 is 10.1 Å². The summed E-state index contributed by atoms with van der Waals surface area (Å²) in [6.07, 6.45) is -0.680. The van der Waals surface area contributed by atoms with E-state index in [1.165, 1.54) is 0 Å². The Bertz CT molecular complexity index is 340. The number of alkyl halides is 1. The highest BCUT2D eigenvalue weighted by Gasteiger charge is 2.05. The molecule has 1 rings (SSSR count). The van der Waals surface area contributed by atoms with E-state index in [0.717, 1.165) is 0 Å². The Morgan fingerprint density at radius 3 is 2.62 bits per heavy atom. The highest BCUT2D eigenvalue weighted by atomic mass is 35.5. The zero-order valence-corrected chi connectivity index (χ0v) is 9.70. The number of amides is 1. The Labute approximate surface area is 99.2 Å². The zero-order valence-electron chi connectivity index (χ0n) is 8.94. The molecule has 0 fully saturated rings. The minimum atomic E-state index is -0.680. The van der Waals surface area contributed by atoms with Crippen LogP contribution in [0.2, 0.25) is 0 Å². The molecule has 0 radical (unpaired) electrons. The van der Waals surface area contributed by atoms with Crippen LogP contribution in [0.4, 0.5) is 0 Å². The molecular formula is C11H14ClNO3. The number of ether oxygens (including phenoxy) is 1. The van der Waals surface area contributed by atoms with E-state index in [1.54, 1.807) is 31.3 Å². The highest BCUT2D eigenvalue weighted by Crippen LogP contribution is 2.12.